The van der Waals surface area contributed by atoms with Crippen LogP contribution in [-0.4, -0.2) is 28.1 Å². The maximum atomic E-state index is 12.6. The molecule has 0 aromatic heterocycles. The monoisotopic (exact) mass is 396 g/mol. The lowest BCUT2D eigenvalue weighted by Gasteiger charge is -2.20. The molecule has 2 unspecified atom stereocenters. The lowest BCUT2D eigenvalue weighted by Crippen LogP contribution is -2.39. The summed E-state index contributed by atoms with van der Waals surface area (Å²) in [6.45, 7) is 0.476. The van der Waals surface area contributed by atoms with Crippen molar-refractivity contribution in [1.82, 2.24) is 4.72 Å². The van der Waals surface area contributed by atoms with Crippen molar-refractivity contribution in [1.29, 1.82) is 0 Å². The zero-order valence-corrected chi connectivity index (χ0v) is 14.8. The molecule has 1 aromatic carbocycles. The van der Waals surface area contributed by atoms with E-state index >= 15 is 0 Å². The second-order valence-corrected chi connectivity index (χ2v) is 8.05. The SMILES string of the molecule is COc1c(Br)cc(Cl)cc1S(=O)(=O)NC1CCCC1CN. The molecule has 0 bridgehead atoms. The minimum atomic E-state index is -3.72. The number of benzene rings is 1. The van der Waals surface area contributed by atoms with Gasteiger partial charge in [-0.05, 0) is 53.4 Å². The van der Waals surface area contributed by atoms with Crippen LogP contribution in [0.3, 0.4) is 0 Å². The fraction of sp³-hybridized carbons (Fsp3) is 0.538. The van der Waals surface area contributed by atoms with Crippen molar-refractivity contribution >= 4 is 37.6 Å². The summed E-state index contributed by atoms with van der Waals surface area (Å²) in [6, 6.07) is 2.85. The molecule has 1 aliphatic carbocycles. The zero-order valence-electron chi connectivity index (χ0n) is 11.6. The van der Waals surface area contributed by atoms with Crippen molar-refractivity contribution in [3.8, 4) is 5.75 Å². The van der Waals surface area contributed by atoms with Gasteiger partial charge >= 0.3 is 0 Å². The third-order valence-corrected chi connectivity index (χ3v) is 6.04. The van der Waals surface area contributed by atoms with Gasteiger partial charge in [0.05, 0.1) is 11.6 Å². The van der Waals surface area contributed by atoms with Gasteiger partial charge in [0.25, 0.3) is 0 Å². The van der Waals surface area contributed by atoms with E-state index in [1.165, 1.54) is 13.2 Å². The summed E-state index contributed by atoms with van der Waals surface area (Å²) < 4.78 is 33.7. The van der Waals surface area contributed by atoms with E-state index in [0.717, 1.165) is 19.3 Å². The standard InChI is InChI=1S/C13H18BrClN2O3S/c1-20-13-10(14)5-9(15)6-12(13)21(18,19)17-11-4-2-3-8(11)7-16/h5-6,8,11,17H,2-4,7,16H2,1H3. The Balaban J connectivity index is 2.36. The van der Waals surface area contributed by atoms with Gasteiger partial charge in [0, 0.05) is 11.1 Å². The molecule has 1 fully saturated rings. The molecule has 2 rings (SSSR count). The summed E-state index contributed by atoms with van der Waals surface area (Å²) in [6.07, 6.45) is 2.72. The van der Waals surface area contributed by atoms with Crippen molar-refractivity contribution in [2.45, 2.75) is 30.2 Å². The maximum Gasteiger partial charge on any atom is 0.244 e. The average molecular weight is 398 g/mol. The summed E-state index contributed by atoms with van der Waals surface area (Å²) in [5.74, 6) is 0.419. The molecule has 0 spiro atoms. The Morgan fingerprint density at radius 1 is 1.48 bits per heavy atom. The second-order valence-electron chi connectivity index (χ2n) is 5.07. The second kappa shape index (κ2) is 6.83. The number of halogens is 2. The third-order valence-electron chi connectivity index (χ3n) is 3.74. The van der Waals surface area contributed by atoms with Crippen molar-refractivity contribution in [2.24, 2.45) is 11.7 Å². The van der Waals surface area contributed by atoms with Crippen LogP contribution >= 0.6 is 27.5 Å². The fourth-order valence-corrected chi connectivity index (χ4v) is 5.39. The lowest BCUT2D eigenvalue weighted by molar-refractivity contribution is 0.398. The number of sulfonamides is 1. The van der Waals surface area contributed by atoms with E-state index in [9.17, 15) is 8.42 Å². The van der Waals surface area contributed by atoms with Crippen LogP contribution in [0.4, 0.5) is 0 Å². The van der Waals surface area contributed by atoms with Gasteiger partial charge < -0.3 is 10.5 Å². The molecule has 1 aromatic rings. The molecule has 2 atom stereocenters. The maximum absolute atomic E-state index is 12.6. The van der Waals surface area contributed by atoms with E-state index in [1.807, 2.05) is 0 Å². The molecule has 0 aliphatic heterocycles. The lowest BCUT2D eigenvalue weighted by atomic mass is 10.1. The number of hydrogen-bond donors (Lipinski definition) is 2. The number of methoxy groups -OCH3 is 1. The molecular formula is C13H18BrClN2O3S. The van der Waals surface area contributed by atoms with Gasteiger partial charge in [-0.15, -0.1) is 0 Å². The third kappa shape index (κ3) is 3.71. The molecule has 0 amide bonds. The minimum Gasteiger partial charge on any atom is -0.494 e. The Morgan fingerprint density at radius 3 is 2.81 bits per heavy atom. The van der Waals surface area contributed by atoms with Crippen LogP contribution in [0.1, 0.15) is 19.3 Å². The highest BCUT2D eigenvalue weighted by Gasteiger charge is 2.32. The summed E-state index contributed by atoms with van der Waals surface area (Å²) in [5, 5.41) is 0.324. The Kier molecular flexibility index (Phi) is 5.54. The van der Waals surface area contributed by atoms with E-state index < -0.39 is 10.0 Å². The van der Waals surface area contributed by atoms with Crippen LogP contribution in [0, 0.1) is 5.92 Å². The first-order valence-electron chi connectivity index (χ1n) is 6.64. The van der Waals surface area contributed by atoms with Crippen molar-refractivity contribution in [2.75, 3.05) is 13.7 Å². The summed E-state index contributed by atoms with van der Waals surface area (Å²) in [4.78, 5) is 0.0343. The van der Waals surface area contributed by atoms with Crippen LogP contribution in [0.15, 0.2) is 21.5 Å². The Morgan fingerprint density at radius 2 is 2.19 bits per heavy atom. The molecule has 0 saturated heterocycles. The van der Waals surface area contributed by atoms with Gasteiger partial charge in [-0.1, -0.05) is 18.0 Å². The number of rotatable bonds is 5. The zero-order chi connectivity index (χ0) is 15.6. The molecule has 118 valence electrons. The number of ether oxygens (including phenoxy) is 1. The van der Waals surface area contributed by atoms with Gasteiger partial charge in [-0.2, -0.15) is 0 Å². The normalized spacial score (nSPS) is 22.5. The number of nitrogens with two attached hydrogens (primary N) is 1. The van der Waals surface area contributed by atoms with Gasteiger partial charge in [-0.25, -0.2) is 13.1 Å². The molecular weight excluding hydrogens is 380 g/mol. The summed E-state index contributed by atoms with van der Waals surface area (Å²) in [5.41, 5.74) is 5.70. The van der Waals surface area contributed by atoms with Crippen molar-refractivity contribution in [3.05, 3.63) is 21.6 Å². The van der Waals surface area contributed by atoms with Crippen LogP contribution in [0.5, 0.6) is 5.75 Å². The summed E-state index contributed by atoms with van der Waals surface area (Å²) >= 11 is 9.23. The number of hydrogen-bond acceptors (Lipinski definition) is 4. The average Bonchev–Trinajstić information content (AvgIpc) is 2.84. The molecule has 8 heteroatoms. The van der Waals surface area contributed by atoms with Gasteiger partial charge in [0.2, 0.25) is 10.0 Å². The van der Waals surface area contributed by atoms with E-state index in [0.29, 0.717) is 16.0 Å². The van der Waals surface area contributed by atoms with Crippen molar-refractivity contribution in [3.63, 3.8) is 0 Å². The van der Waals surface area contributed by atoms with E-state index in [-0.39, 0.29) is 22.6 Å². The van der Waals surface area contributed by atoms with Crippen LogP contribution in [0.25, 0.3) is 0 Å². The van der Waals surface area contributed by atoms with E-state index in [2.05, 4.69) is 20.7 Å². The van der Waals surface area contributed by atoms with Gasteiger partial charge in [0.1, 0.15) is 4.90 Å². The Hall–Kier alpha value is -0.340. The molecule has 0 heterocycles. The first-order valence-corrected chi connectivity index (χ1v) is 9.30. The molecule has 3 N–H and O–H groups in total. The van der Waals surface area contributed by atoms with E-state index in [4.69, 9.17) is 22.1 Å². The predicted molar refractivity (Wildman–Crippen MR) is 86.2 cm³/mol. The first-order chi connectivity index (χ1) is 9.89. The predicted octanol–water partition coefficient (Wildman–Crippen LogP) is 2.52. The van der Waals surface area contributed by atoms with Crippen molar-refractivity contribution < 1.29 is 13.2 Å². The highest BCUT2D eigenvalue weighted by Crippen LogP contribution is 2.36. The fourth-order valence-electron chi connectivity index (χ4n) is 2.67. The van der Waals surface area contributed by atoms with E-state index in [1.54, 1.807) is 6.07 Å². The van der Waals surface area contributed by atoms with Gasteiger partial charge in [-0.3, -0.25) is 0 Å². The Labute approximate surface area is 138 Å². The minimum absolute atomic E-state index is 0.0343. The molecule has 1 saturated carbocycles. The van der Waals surface area contributed by atoms with Crippen LogP contribution in [0.2, 0.25) is 5.02 Å². The highest BCUT2D eigenvalue weighted by atomic mass is 79.9. The highest BCUT2D eigenvalue weighted by molar-refractivity contribution is 9.10. The molecule has 1 aliphatic rings. The van der Waals surface area contributed by atoms with Crippen LogP contribution in [-0.2, 0) is 10.0 Å². The Bertz CT molecular complexity index is 624. The van der Waals surface area contributed by atoms with Crippen LogP contribution < -0.4 is 15.2 Å². The molecule has 0 radical (unpaired) electrons. The molecule has 21 heavy (non-hydrogen) atoms. The first kappa shape index (κ1) is 17.0. The quantitative estimate of drug-likeness (QED) is 0.800. The van der Waals surface area contributed by atoms with Gasteiger partial charge in [0.15, 0.2) is 5.75 Å². The largest absolute Gasteiger partial charge is 0.494 e. The summed E-state index contributed by atoms with van der Waals surface area (Å²) in [7, 11) is -2.30. The smallest absolute Gasteiger partial charge is 0.244 e. The molecule has 5 nitrogen and oxygen atoms in total. The number of nitrogens with one attached hydrogen (secondary N) is 1. The topological polar surface area (TPSA) is 81.4 Å².